The van der Waals surface area contributed by atoms with E-state index < -0.39 is 11.9 Å². The van der Waals surface area contributed by atoms with Crippen LogP contribution >= 0.6 is 0 Å². The molecular formula is C18H25NO4. The van der Waals surface area contributed by atoms with Crippen LogP contribution in [0.2, 0.25) is 0 Å². The Morgan fingerprint density at radius 3 is 2.52 bits per heavy atom. The van der Waals surface area contributed by atoms with Gasteiger partial charge < -0.3 is 14.7 Å². The summed E-state index contributed by atoms with van der Waals surface area (Å²) in [6.45, 7) is 5.13. The third kappa shape index (κ3) is 4.24. The summed E-state index contributed by atoms with van der Waals surface area (Å²) in [6, 6.07) is 6.82. The number of carbonyl (C=O) groups excluding carboxylic acids is 1. The standard InChI is InChI=1S/C18H25NO4/c1-3-4-5-12-23-15-8-6-14(7-9-15)17(20)19-11-10-16(13(19)2)18(21)22/h6-9,13,16H,3-5,10-12H2,1-2H3,(H,21,22). The Bertz CT molecular complexity index is 540. The second kappa shape index (κ2) is 7.99. The van der Waals surface area contributed by atoms with Crippen molar-refractivity contribution in [1.82, 2.24) is 4.90 Å². The molecule has 1 aromatic rings. The van der Waals surface area contributed by atoms with E-state index in [1.807, 2.05) is 0 Å². The predicted molar refractivity (Wildman–Crippen MR) is 87.7 cm³/mol. The van der Waals surface area contributed by atoms with Gasteiger partial charge in [0.2, 0.25) is 0 Å². The lowest BCUT2D eigenvalue weighted by molar-refractivity contribution is -0.142. The molecule has 0 bridgehead atoms. The molecule has 0 spiro atoms. The van der Waals surface area contributed by atoms with Crippen molar-refractivity contribution in [2.24, 2.45) is 5.92 Å². The van der Waals surface area contributed by atoms with Gasteiger partial charge in [0.1, 0.15) is 5.75 Å². The van der Waals surface area contributed by atoms with Gasteiger partial charge in [-0.25, -0.2) is 0 Å². The highest BCUT2D eigenvalue weighted by molar-refractivity contribution is 5.95. The molecule has 2 rings (SSSR count). The molecule has 1 aliphatic rings. The minimum Gasteiger partial charge on any atom is -0.494 e. The van der Waals surface area contributed by atoms with E-state index in [-0.39, 0.29) is 11.9 Å². The Labute approximate surface area is 137 Å². The fourth-order valence-corrected chi connectivity index (χ4v) is 2.96. The molecule has 1 heterocycles. The molecule has 1 aliphatic heterocycles. The number of carboxylic acids is 1. The number of carbonyl (C=O) groups is 2. The topological polar surface area (TPSA) is 66.8 Å². The maximum atomic E-state index is 12.5. The highest BCUT2D eigenvalue weighted by Crippen LogP contribution is 2.26. The normalized spacial score (nSPS) is 20.5. The van der Waals surface area contributed by atoms with Crippen molar-refractivity contribution in [2.75, 3.05) is 13.2 Å². The van der Waals surface area contributed by atoms with Gasteiger partial charge in [-0.2, -0.15) is 0 Å². The van der Waals surface area contributed by atoms with Crippen LogP contribution in [0.4, 0.5) is 0 Å². The summed E-state index contributed by atoms with van der Waals surface area (Å²) >= 11 is 0. The van der Waals surface area contributed by atoms with Crippen LogP contribution in [0.3, 0.4) is 0 Å². The second-order valence-electron chi connectivity index (χ2n) is 6.05. The largest absolute Gasteiger partial charge is 0.494 e. The molecule has 5 nitrogen and oxygen atoms in total. The number of unbranched alkanes of at least 4 members (excludes halogenated alkanes) is 2. The number of amides is 1. The first-order valence-corrected chi connectivity index (χ1v) is 8.31. The van der Waals surface area contributed by atoms with Crippen LogP contribution in [-0.2, 0) is 4.79 Å². The quantitative estimate of drug-likeness (QED) is 0.784. The van der Waals surface area contributed by atoms with Crippen molar-refractivity contribution in [3.8, 4) is 5.75 Å². The number of aliphatic carboxylic acids is 1. The van der Waals surface area contributed by atoms with E-state index in [0.29, 0.717) is 25.1 Å². The summed E-state index contributed by atoms with van der Waals surface area (Å²) in [4.78, 5) is 25.3. The van der Waals surface area contributed by atoms with Crippen molar-refractivity contribution in [3.05, 3.63) is 29.8 Å². The Morgan fingerprint density at radius 1 is 1.26 bits per heavy atom. The molecule has 1 saturated heterocycles. The zero-order valence-electron chi connectivity index (χ0n) is 13.8. The minimum absolute atomic E-state index is 0.112. The van der Waals surface area contributed by atoms with Crippen LogP contribution in [0.1, 0.15) is 49.9 Å². The van der Waals surface area contributed by atoms with Crippen LogP contribution in [0, 0.1) is 5.92 Å². The lowest BCUT2D eigenvalue weighted by Gasteiger charge is -2.23. The minimum atomic E-state index is -0.830. The van der Waals surface area contributed by atoms with E-state index in [2.05, 4.69) is 6.92 Å². The van der Waals surface area contributed by atoms with Crippen LogP contribution in [0.25, 0.3) is 0 Å². The first-order chi connectivity index (χ1) is 11.0. The van der Waals surface area contributed by atoms with Gasteiger partial charge in [-0.05, 0) is 44.0 Å². The molecule has 1 N–H and O–H groups in total. The van der Waals surface area contributed by atoms with Crippen molar-refractivity contribution in [3.63, 3.8) is 0 Å². The zero-order chi connectivity index (χ0) is 16.8. The molecule has 2 atom stereocenters. The number of carboxylic acid groups (broad SMARTS) is 1. The maximum absolute atomic E-state index is 12.5. The number of hydrogen-bond acceptors (Lipinski definition) is 3. The second-order valence-corrected chi connectivity index (χ2v) is 6.05. The van der Waals surface area contributed by atoms with Gasteiger partial charge in [0.05, 0.1) is 12.5 Å². The van der Waals surface area contributed by atoms with Crippen molar-refractivity contribution in [2.45, 2.75) is 45.6 Å². The zero-order valence-corrected chi connectivity index (χ0v) is 13.8. The molecule has 23 heavy (non-hydrogen) atoms. The van der Waals surface area contributed by atoms with E-state index in [1.165, 1.54) is 0 Å². The van der Waals surface area contributed by atoms with E-state index in [9.17, 15) is 9.59 Å². The monoisotopic (exact) mass is 319 g/mol. The Balaban J connectivity index is 1.94. The van der Waals surface area contributed by atoms with Crippen LogP contribution in [0.15, 0.2) is 24.3 Å². The number of hydrogen-bond donors (Lipinski definition) is 1. The average Bonchev–Trinajstić information content (AvgIpc) is 2.93. The van der Waals surface area contributed by atoms with Crippen LogP contribution in [0.5, 0.6) is 5.75 Å². The van der Waals surface area contributed by atoms with Gasteiger partial charge in [0, 0.05) is 18.2 Å². The van der Waals surface area contributed by atoms with E-state index >= 15 is 0 Å². The summed E-state index contributed by atoms with van der Waals surface area (Å²) in [5.74, 6) is -0.655. The first-order valence-electron chi connectivity index (χ1n) is 8.31. The summed E-state index contributed by atoms with van der Waals surface area (Å²) in [5.41, 5.74) is 0.573. The SMILES string of the molecule is CCCCCOc1ccc(C(=O)N2CCC(C(=O)O)C2C)cc1. The van der Waals surface area contributed by atoms with E-state index in [0.717, 1.165) is 25.0 Å². The number of likely N-dealkylation sites (tertiary alicyclic amines) is 1. The summed E-state index contributed by atoms with van der Waals surface area (Å²) < 4.78 is 5.64. The Kier molecular flexibility index (Phi) is 6.02. The summed E-state index contributed by atoms with van der Waals surface area (Å²) in [5, 5.41) is 9.16. The molecule has 2 unspecified atom stereocenters. The van der Waals surface area contributed by atoms with Gasteiger partial charge >= 0.3 is 5.97 Å². The van der Waals surface area contributed by atoms with E-state index in [4.69, 9.17) is 9.84 Å². The highest BCUT2D eigenvalue weighted by Gasteiger charge is 2.38. The molecule has 0 saturated carbocycles. The smallest absolute Gasteiger partial charge is 0.308 e. The predicted octanol–water partition coefficient (Wildman–Crippen LogP) is 3.19. The van der Waals surface area contributed by atoms with Crippen LogP contribution in [-0.4, -0.2) is 41.1 Å². The van der Waals surface area contributed by atoms with E-state index in [1.54, 1.807) is 36.1 Å². The summed E-state index contributed by atoms with van der Waals surface area (Å²) in [6.07, 6.45) is 3.84. The number of rotatable bonds is 7. The molecule has 0 aliphatic carbocycles. The van der Waals surface area contributed by atoms with Crippen molar-refractivity contribution in [1.29, 1.82) is 0 Å². The third-order valence-corrected chi connectivity index (χ3v) is 4.45. The Morgan fingerprint density at radius 2 is 1.96 bits per heavy atom. The molecule has 1 aromatic carbocycles. The average molecular weight is 319 g/mol. The molecular weight excluding hydrogens is 294 g/mol. The Hall–Kier alpha value is -2.04. The van der Waals surface area contributed by atoms with Crippen molar-refractivity contribution < 1.29 is 19.4 Å². The summed E-state index contributed by atoms with van der Waals surface area (Å²) in [7, 11) is 0. The van der Waals surface area contributed by atoms with Gasteiger partial charge in [-0.1, -0.05) is 19.8 Å². The van der Waals surface area contributed by atoms with Crippen molar-refractivity contribution >= 4 is 11.9 Å². The van der Waals surface area contributed by atoms with Gasteiger partial charge in [-0.15, -0.1) is 0 Å². The number of benzene rings is 1. The molecule has 5 heteroatoms. The lowest BCUT2D eigenvalue weighted by Crippen LogP contribution is -2.37. The van der Waals surface area contributed by atoms with Gasteiger partial charge in [-0.3, -0.25) is 9.59 Å². The fourth-order valence-electron chi connectivity index (χ4n) is 2.96. The number of nitrogens with zero attached hydrogens (tertiary/aromatic N) is 1. The number of ether oxygens (including phenoxy) is 1. The fraction of sp³-hybridized carbons (Fsp3) is 0.556. The lowest BCUT2D eigenvalue weighted by atomic mass is 10.0. The first kappa shape index (κ1) is 17.3. The molecule has 0 radical (unpaired) electrons. The van der Waals surface area contributed by atoms with Gasteiger partial charge in [0.15, 0.2) is 0 Å². The molecule has 1 amide bonds. The van der Waals surface area contributed by atoms with Gasteiger partial charge in [0.25, 0.3) is 5.91 Å². The molecule has 1 fully saturated rings. The molecule has 126 valence electrons. The van der Waals surface area contributed by atoms with Crippen LogP contribution < -0.4 is 4.74 Å². The third-order valence-electron chi connectivity index (χ3n) is 4.45. The maximum Gasteiger partial charge on any atom is 0.308 e. The molecule has 0 aromatic heterocycles. The highest BCUT2D eigenvalue weighted by atomic mass is 16.5.